The van der Waals surface area contributed by atoms with Crippen LogP contribution in [0.2, 0.25) is 0 Å². The van der Waals surface area contributed by atoms with Crippen molar-refractivity contribution in [1.82, 2.24) is 16.2 Å². The van der Waals surface area contributed by atoms with Crippen molar-refractivity contribution in [2.45, 2.75) is 25.7 Å². The molecule has 78 valence electrons. The van der Waals surface area contributed by atoms with E-state index in [2.05, 4.69) is 16.2 Å². The molecule has 0 aromatic carbocycles. The smallest absolute Gasteiger partial charge is 0.241 e. The van der Waals surface area contributed by atoms with Crippen molar-refractivity contribution in [2.24, 2.45) is 11.8 Å². The van der Waals surface area contributed by atoms with Crippen LogP contribution in [0.15, 0.2) is 0 Å². The summed E-state index contributed by atoms with van der Waals surface area (Å²) in [6, 6.07) is 0. The molecule has 0 aromatic heterocycles. The van der Waals surface area contributed by atoms with E-state index in [1.165, 1.54) is 12.8 Å². The van der Waals surface area contributed by atoms with Gasteiger partial charge in [0.05, 0.1) is 0 Å². The van der Waals surface area contributed by atoms with Gasteiger partial charge in [0.15, 0.2) is 5.11 Å². The Morgan fingerprint density at radius 1 is 1.21 bits per heavy atom. The third kappa shape index (κ3) is 3.14. The first-order chi connectivity index (χ1) is 6.75. The molecule has 4 nitrogen and oxygen atoms in total. The van der Waals surface area contributed by atoms with Crippen LogP contribution in [0.3, 0.4) is 0 Å². The summed E-state index contributed by atoms with van der Waals surface area (Å²) >= 11 is 4.99. The van der Waals surface area contributed by atoms with Crippen LogP contribution in [0.4, 0.5) is 0 Å². The number of hydrogen-bond acceptors (Lipinski definition) is 2. The fraction of sp³-hybridized carbons (Fsp3) is 0.778. The van der Waals surface area contributed by atoms with E-state index >= 15 is 0 Å². The standard InChI is InChI=1S/C9H15N3OS/c13-8(7-3-4-7)11-12-9(14)10-5-6-1-2-6/h6-7H,1-5H2,(H,11,13)(H2,10,12,14). The Morgan fingerprint density at radius 2 is 1.93 bits per heavy atom. The summed E-state index contributed by atoms with van der Waals surface area (Å²) in [6.45, 7) is 0.922. The molecular weight excluding hydrogens is 198 g/mol. The fourth-order valence-corrected chi connectivity index (χ4v) is 1.30. The lowest BCUT2D eigenvalue weighted by molar-refractivity contribution is -0.122. The third-order valence-corrected chi connectivity index (χ3v) is 2.74. The van der Waals surface area contributed by atoms with Crippen molar-refractivity contribution < 1.29 is 4.79 Å². The van der Waals surface area contributed by atoms with Gasteiger partial charge in [0, 0.05) is 12.5 Å². The molecule has 0 aliphatic heterocycles. The second-order valence-corrected chi connectivity index (χ2v) is 4.45. The number of amides is 1. The van der Waals surface area contributed by atoms with Gasteiger partial charge in [-0.15, -0.1) is 0 Å². The predicted octanol–water partition coefficient (Wildman–Crippen LogP) is 0.302. The quantitative estimate of drug-likeness (QED) is 0.466. The average molecular weight is 213 g/mol. The summed E-state index contributed by atoms with van der Waals surface area (Å²) in [5.41, 5.74) is 5.30. The van der Waals surface area contributed by atoms with E-state index in [1.807, 2.05) is 0 Å². The van der Waals surface area contributed by atoms with Gasteiger partial charge in [-0.05, 0) is 43.8 Å². The highest BCUT2D eigenvalue weighted by Gasteiger charge is 2.29. The van der Waals surface area contributed by atoms with Crippen LogP contribution in [0.25, 0.3) is 0 Å². The molecule has 14 heavy (non-hydrogen) atoms. The van der Waals surface area contributed by atoms with E-state index in [4.69, 9.17) is 12.2 Å². The first kappa shape index (κ1) is 9.71. The third-order valence-electron chi connectivity index (χ3n) is 2.50. The Bertz CT molecular complexity index is 248. The normalized spacial score (nSPS) is 20.0. The minimum Gasteiger partial charge on any atom is -0.361 e. The van der Waals surface area contributed by atoms with Crippen molar-refractivity contribution in [3.63, 3.8) is 0 Å². The Morgan fingerprint density at radius 3 is 2.50 bits per heavy atom. The van der Waals surface area contributed by atoms with Crippen molar-refractivity contribution in [3.05, 3.63) is 0 Å². The van der Waals surface area contributed by atoms with Crippen LogP contribution in [0.1, 0.15) is 25.7 Å². The summed E-state index contributed by atoms with van der Waals surface area (Å²) in [5.74, 6) is 1.06. The van der Waals surface area contributed by atoms with E-state index < -0.39 is 0 Å². The number of hydrogen-bond donors (Lipinski definition) is 3. The zero-order chi connectivity index (χ0) is 9.97. The second kappa shape index (κ2) is 4.13. The van der Waals surface area contributed by atoms with Gasteiger partial charge in [0.2, 0.25) is 5.91 Å². The van der Waals surface area contributed by atoms with E-state index in [0.29, 0.717) is 5.11 Å². The molecule has 0 bridgehead atoms. The molecule has 2 saturated carbocycles. The van der Waals surface area contributed by atoms with Gasteiger partial charge in [0.25, 0.3) is 0 Å². The lowest BCUT2D eigenvalue weighted by Crippen LogP contribution is -2.47. The summed E-state index contributed by atoms with van der Waals surface area (Å²) in [4.78, 5) is 11.2. The number of carbonyl (C=O) groups excluding carboxylic acids is 1. The maximum absolute atomic E-state index is 11.2. The van der Waals surface area contributed by atoms with Crippen LogP contribution in [-0.4, -0.2) is 17.6 Å². The van der Waals surface area contributed by atoms with Crippen molar-refractivity contribution >= 4 is 23.2 Å². The number of nitrogens with one attached hydrogen (secondary N) is 3. The Labute approximate surface area is 88.8 Å². The number of carbonyl (C=O) groups is 1. The SMILES string of the molecule is O=C(NNC(=S)NCC1CC1)C1CC1. The predicted molar refractivity (Wildman–Crippen MR) is 57.3 cm³/mol. The second-order valence-electron chi connectivity index (χ2n) is 4.04. The average Bonchev–Trinajstić information content (AvgIpc) is 3.04. The molecule has 2 aliphatic rings. The Kier molecular flexibility index (Phi) is 2.86. The minimum atomic E-state index is 0.0561. The van der Waals surface area contributed by atoms with E-state index in [9.17, 15) is 4.79 Å². The van der Waals surface area contributed by atoms with Gasteiger partial charge < -0.3 is 5.32 Å². The first-order valence-electron chi connectivity index (χ1n) is 5.09. The molecule has 0 aromatic rings. The zero-order valence-corrected chi connectivity index (χ0v) is 8.82. The highest BCUT2D eigenvalue weighted by atomic mass is 32.1. The van der Waals surface area contributed by atoms with E-state index in [0.717, 1.165) is 25.3 Å². The van der Waals surface area contributed by atoms with Gasteiger partial charge in [-0.2, -0.15) is 0 Å². The fourth-order valence-electron chi connectivity index (χ4n) is 1.17. The molecule has 2 aliphatic carbocycles. The molecule has 0 unspecified atom stereocenters. The molecule has 2 rings (SSSR count). The van der Waals surface area contributed by atoms with E-state index in [1.54, 1.807) is 0 Å². The summed E-state index contributed by atoms with van der Waals surface area (Å²) in [7, 11) is 0. The highest BCUT2D eigenvalue weighted by molar-refractivity contribution is 7.80. The molecule has 2 fully saturated rings. The first-order valence-corrected chi connectivity index (χ1v) is 5.50. The van der Waals surface area contributed by atoms with Crippen molar-refractivity contribution in [3.8, 4) is 0 Å². The summed E-state index contributed by atoms with van der Waals surface area (Å²) in [6.07, 6.45) is 4.61. The van der Waals surface area contributed by atoms with Gasteiger partial charge in [-0.3, -0.25) is 15.6 Å². The van der Waals surface area contributed by atoms with Gasteiger partial charge in [-0.1, -0.05) is 0 Å². The highest BCUT2D eigenvalue weighted by Crippen LogP contribution is 2.28. The number of rotatable bonds is 3. The molecule has 0 heterocycles. The van der Waals surface area contributed by atoms with Gasteiger partial charge >= 0.3 is 0 Å². The molecular formula is C9H15N3OS. The summed E-state index contributed by atoms with van der Waals surface area (Å²) in [5, 5.41) is 3.58. The van der Waals surface area contributed by atoms with Crippen LogP contribution < -0.4 is 16.2 Å². The molecule has 5 heteroatoms. The lowest BCUT2D eigenvalue weighted by Gasteiger charge is -2.10. The molecule has 0 radical (unpaired) electrons. The lowest BCUT2D eigenvalue weighted by atomic mass is 10.4. The number of thiocarbonyl (C=S) groups is 1. The van der Waals surface area contributed by atoms with Gasteiger partial charge in [-0.25, -0.2) is 0 Å². The van der Waals surface area contributed by atoms with Crippen LogP contribution >= 0.6 is 12.2 Å². The zero-order valence-electron chi connectivity index (χ0n) is 8.01. The van der Waals surface area contributed by atoms with Crippen molar-refractivity contribution in [2.75, 3.05) is 6.54 Å². The van der Waals surface area contributed by atoms with E-state index in [-0.39, 0.29) is 11.8 Å². The molecule has 0 atom stereocenters. The maximum atomic E-state index is 11.2. The Hall–Kier alpha value is -0.840. The Balaban J connectivity index is 1.54. The largest absolute Gasteiger partial charge is 0.361 e. The van der Waals surface area contributed by atoms with Gasteiger partial charge in [0.1, 0.15) is 0 Å². The molecule has 0 saturated heterocycles. The minimum absolute atomic E-state index is 0.0561. The van der Waals surface area contributed by atoms with Crippen LogP contribution in [0.5, 0.6) is 0 Å². The maximum Gasteiger partial charge on any atom is 0.241 e. The monoisotopic (exact) mass is 213 g/mol. The molecule has 0 spiro atoms. The van der Waals surface area contributed by atoms with Crippen LogP contribution in [-0.2, 0) is 4.79 Å². The summed E-state index contributed by atoms with van der Waals surface area (Å²) < 4.78 is 0. The van der Waals surface area contributed by atoms with Crippen molar-refractivity contribution in [1.29, 1.82) is 0 Å². The van der Waals surface area contributed by atoms with Crippen LogP contribution in [0, 0.1) is 11.8 Å². The number of hydrazine groups is 1. The molecule has 3 N–H and O–H groups in total. The topological polar surface area (TPSA) is 53.2 Å². The molecule has 1 amide bonds.